The molecule has 1 aliphatic heterocycles. The molecule has 1 unspecified atom stereocenters. The van der Waals surface area contributed by atoms with Gasteiger partial charge in [-0.2, -0.15) is 0 Å². The zero-order chi connectivity index (χ0) is 17.7. The second-order valence-corrected chi connectivity index (χ2v) is 5.84. The lowest BCUT2D eigenvalue weighted by Gasteiger charge is -2.31. The van der Waals surface area contributed by atoms with Crippen molar-refractivity contribution in [2.75, 3.05) is 19.7 Å². The highest BCUT2D eigenvalue weighted by Gasteiger charge is 2.45. The highest BCUT2D eigenvalue weighted by atomic mass is 16.5. The lowest BCUT2D eigenvalue weighted by atomic mass is 9.99. The van der Waals surface area contributed by atoms with E-state index in [1.807, 2.05) is 6.92 Å². The SMILES string of the molecule is CCOc1ccccc1C(=O)NCC(=O)N1CCCC1(C)C(=O)O. The standard InChI is InChI=1S/C17H22N2O5/c1-3-24-13-8-5-4-7-12(13)15(21)18-11-14(20)19-10-6-9-17(19,2)16(22)23/h4-5,7-8H,3,6,9-11H2,1-2H3,(H,18,21)(H,22,23). The van der Waals surface area contributed by atoms with E-state index in [1.165, 1.54) is 11.8 Å². The summed E-state index contributed by atoms with van der Waals surface area (Å²) < 4.78 is 5.40. The zero-order valence-corrected chi connectivity index (χ0v) is 13.9. The molecule has 1 saturated heterocycles. The van der Waals surface area contributed by atoms with Crippen LogP contribution in [0.1, 0.15) is 37.0 Å². The fourth-order valence-electron chi connectivity index (χ4n) is 2.87. The van der Waals surface area contributed by atoms with Gasteiger partial charge in [-0.3, -0.25) is 9.59 Å². The third kappa shape index (κ3) is 3.50. The second kappa shape index (κ2) is 7.33. The molecule has 1 heterocycles. The average molecular weight is 334 g/mol. The molecule has 1 aliphatic rings. The zero-order valence-electron chi connectivity index (χ0n) is 13.9. The first-order valence-corrected chi connectivity index (χ1v) is 7.94. The smallest absolute Gasteiger partial charge is 0.329 e. The maximum atomic E-state index is 12.3. The number of carbonyl (C=O) groups excluding carboxylic acids is 2. The Hall–Kier alpha value is -2.57. The monoisotopic (exact) mass is 334 g/mol. The molecule has 7 nitrogen and oxygen atoms in total. The molecule has 0 aromatic heterocycles. The molecule has 0 spiro atoms. The number of ether oxygens (including phenoxy) is 1. The van der Waals surface area contributed by atoms with Crippen LogP contribution in [-0.4, -0.2) is 53.0 Å². The summed E-state index contributed by atoms with van der Waals surface area (Å²) >= 11 is 0. The van der Waals surface area contributed by atoms with Crippen LogP contribution >= 0.6 is 0 Å². The Morgan fingerprint density at radius 3 is 2.71 bits per heavy atom. The van der Waals surface area contributed by atoms with Crippen LogP contribution in [-0.2, 0) is 9.59 Å². The van der Waals surface area contributed by atoms with E-state index in [-0.39, 0.29) is 6.54 Å². The van der Waals surface area contributed by atoms with Crippen molar-refractivity contribution in [1.29, 1.82) is 0 Å². The number of carboxylic acids is 1. The minimum absolute atomic E-state index is 0.248. The Kier molecular flexibility index (Phi) is 5.43. The van der Waals surface area contributed by atoms with Crippen LogP contribution in [0, 0.1) is 0 Å². The Morgan fingerprint density at radius 1 is 1.33 bits per heavy atom. The summed E-state index contributed by atoms with van der Waals surface area (Å²) in [7, 11) is 0. The Morgan fingerprint density at radius 2 is 2.04 bits per heavy atom. The number of amides is 2. The van der Waals surface area contributed by atoms with Gasteiger partial charge in [-0.25, -0.2) is 4.79 Å². The molecule has 1 aromatic carbocycles. The first-order valence-electron chi connectivity index (χ1n) is 7.94. The van der Waals surface area contributed by atoms with E-state index in [0.717, 1.165) is 0 Å². The van der Waals surface area contributed by atoms with Crippen LogP contribution in [0.5, 0.6) is 5.75 Å². The number of hydrogen-bond donors (Lipinski definition) is 2. The highest BCUT2D eigenvalue weighted by molar-refractivity contribution is 5.99. The minimum Gasteiger partial charge on any atom is -0.493 e. The third-order valence-corrected chi connectivity index (χ3v) is 4.23. The number of hydrogen-bond acceptors (Lipinski definition) is 4. The molecule has 2 N–H and O–H groups in total. The van der Waals surface area contributed by atoms with Gasteiger partial charge in [0, 0.05) is 6.54 Å². The van der Waals surface area contributed by atoms with Crippen LogP contribution in [0.2, 0.25) is 0 Å². The Labute approximate surface area is 140 Å². The van der Waals surface area contributed by atoms with E-state index in [4.69, 9.17) is 4.74 Å². The Bertz CT molecular complexity index is 646. The van der Waals surface area contributed by atoms with Crippen molar-refractivity contribution < 1.29 is 24.2 Å². The lowest BCUT2D eigenvalue weighted by molar-refractivity contribution is -0.154. The number of aliphatic carboxylic acids is 1. The first-order chi connectivity index (χ1) is 11.4. The number of carbonyl (C=O) groups is 3. The van der Waals surface area contributed by atoms with Gasteiger partial charge in [-0.15, -0.1) is 0 Å². The molecule has 24 heavy (non-hydrogen) atoms. The van der Waals surface area contributed by atoms with Gasteiger partial charge in [0.05, 0.1) is 18.7 Å². The summed E-state index contributed by atoms with van der Waals surface area (Å²) in [5.74, 6) is -1.41. The maximum Gasteiger partial charge on any atom is 0.329 e. The third-order valence-electron chi connectivity index (χ3n) is 4.23. The number of nitrogens with zero attached hydrogens (tertiary/aromatic N) is 1. The van der Waals surface area contributed by atoms with Crippen molar-refractivity contribution in [3.8, 4) is 5.75 Å². The van der Waals surface area contributed by atoms with E-state index in [9.17, 15) is 19.5 Å². The second-order valence-electron chi connectivity index (χ2n) is 5.84. The molecule has 1 atom stereocenters. The molecule has 2 amide bonds. The highest BCUT2D eigenvalue weighted by Crippen LogP contribution is 2.29. The van der Waals surface area contributed by atoms with Gasteiger partial charge in [0.15, 0.2) is 0 Å². The minimum atomic E-state index is -1.20. The summed E-state index contributed by atoms with van der Waals surface area (Å²) in [4.78, 5) is 37.3. The Balaban J connectivity index is 2.02. The molecular weight excluding hydrogens is 312 g/mol. The molecule has 130 valence electrons. The number of likely N-dealkylation sites (tertiary alicyclic amines) is 1. The fraction of sp³-hybridized carbons (Fsp3) is 0.471. The van der Waals surface area contributed by atoms with Crippen molar-refractivity contribution in [1.82, 2.24) is 10.2 Å². The molecule has 0 saturated carbocycles. The van der Waals surface area contributed by atoms with E-state index in [0.29, 0.717) is 37.3 Å². The number of nitrogens with one attached hydrogen (secondary N) is 1. The van der Waals surface area contributed by atoms with Crippen LogP contribution in [0.4, 0.5) is 0 Å². The van der Waals surface area contributed by atoms with Gasteiger partial charge < -0.3 is 20.1 Å². The number of para-hydroxylation sites is 1. The van der Waals surface area contributed by atoms with Crippen molar-refractivity contribution in [3.63, 3.8) is 0 Å². The normalized spacial score (nSPS) is 19.8. The number of rotatable bonds is 6. The number of carboxylic acid groups (broad SMARTS) is 1. The summed E-state index contributed by atoms with van der Waals surface area (Å²) in [6, 6.07) is 6.76. The predicted molar refractivity (Wildman–Crippen MR) is 86.9 cm³/mol. The van der Waals surface area contributed by atoms with Gasteiger partial charge in [-0.05, 0) is 38.8 Å². The fourth-order valence-corrected chi connectivity index (χ4v) is 2.87. The van der Waals surface area contributed by atoms with Crippen molar-refractivity contribution in [2.24, 2.45) is 0 Å². The van der Waals surface area contributed by atoms with Gasteiger partial charge in [0.2, 0.25) is 5.91 Å². The molecule has 1 aromatic rings. The van der Waals surface area contributed by atoms with E-state index < -0.39 is 23.3 Å². The van der Waals surface area contributed by atoms with Crippen LogP contribution in [0.25, 0.3) is 0 Å². The molecule has 0 aliphatic carbocycles. The predicted octanol–water partition coefficient (Wildman–Crippen LogP) is 1.28. The van der Waals surface area contributed by atoms with Gasteiger partial charge >= 0.3 is 5.97 Å². The first kappa shape index (κ1) is 17.8. The van der Waals surface area contributed by atoms with Crippen LogP contribution in [0.3, 0.4) is 0 Å². The maximum absolute atomic E-state index is 12.3. The molecule has 0 radical (unpaired) electrons. The van der Waals surface area contributed by atoms with Crippen LogP contribution < -0.4 is 10.1 Å². The van der Waals surface area contributed by atoms with Crippen molar-refractivity contribution in [3.05, 3.63) is 29.8 Å². The summed E-state index contributed by atoms with van der Waals surface area (Å²) in [5.41, 5.74) is -0.861. The summed E-state index contributed by atoms with van der Waals surface area (Å²) in [5, 5.41) is 11.9. The largest absolute Gasteiger partial charge is 0.493 e. The molecule has 1 fully saturated rings. The molecule has 2 rings (SSSR count). The van der Waals surface area contributed by atoms with Crippen LogP contribution in [0.15, 0.2) is 24.3 Å². The van der Waals surface area contributed by atoms with Crippen molar-refractivity contribution >= 4 is 17.8 Å². The van der Waals surface area contributed by atoms with E-state index in [2.05, 4.69) is 5.32 Å². The molecule has 7 heteroatoms. The lowest BCUT2D eigenvalue weighted by Crippen LogP contribution is -2.53. The van der Waals surface area contributed by atoms with Gasteiger partial charge in [0.25, 0.3) is 5.91 Å². The molecule has 0 bridgehead atoms. The van der Waals surface area contributed by atoms with Gasteiger partial charge in [0.1, 0.15) is 11.3 Å². The summed E-state index contributed by atoms with van der Waals surface area (Å²) in [6.07, 6.45) is 1.05. The quantitative estimate of drug-likeness (QED) is 0.817. The van der Waals surface area contributed by atoms with E-state index in [1.54, 1.807) is 24.3 Å². The number of benzene rings is 1. The van der Waals surface area contributed by atoms with E-state index >= 15 is 0 Å². The molecular formula is C17H22N2O5. The average Bonchev–Trinajstić information content (AvgIpc) is 2.96. The summed E-state index contributed by atoms with van der Waals surface area (Å²) in [6.45, 7) is 3.91. The van der Waals surface area contributed by atoms with Gasteiger partial charge in [-0.1, -0.05) is 12.1 Å². The topological polar surface area (TPSA) is 95.9 Å². The van der Waals surface area contributed by atoms with Crippen molar-refractivity contribution in [2.45, 2.75) is 32.2 Å².